The highest BCUT2D eigenvalue weighted by atomic mass is 35.5. The van der Waals surface area contributed by atoms with Crippen molar-refractivity contribution in [3.05, 3.63) is 71.9 Å². The average molecular weight is 325 g/mol. The molecule has 112 valence electrons. The number of rotatable bonds is 2. The molecule has 2 aromatic carbocycles. The van der Waals surface area contributed by atoms with E-state index in [-0.39, 0.29) is 5.82 Å². The van der Waals surface area contributed by atoms with Crippen LogP contribution in [0.15, 0.2) is 61.1 Å². The molecule has 2 aromatic heterocycles. The molecule has 0 N–H and O–H groups in total. The Morgan fingerprint density at radius 1 is 1.00 bits per heavy atom. The monoisotopic (exact) mass is 324 g/mol. The maximum absolute atomic E-state index is 14.3. The van der Waals surface area contributed by atoms with Gasteiger partial charge < -0.3 is 0 Å². The molecular weight excluding hydrogens is 315 g/mol. The van der Waals surface area contributed by atoms with Crippen LogP contribution in [0.1, 0.15) is 0 Å². The zero-order valence-corrected chi connectivity index (χ0v) is 12.6. The van der Waals surface area contributed by atoms with E-state index in [1.165, 1.54) is 12.4 Å². The molecule has 0 radical (unpaired) electrons. The molecule has 2 heterocycles. The van der Waals surface area contributed by atoms with Gasteiger partial charge in [0.25, 0.3) is 0 Å². The fraction of sp³-hybridized carbons (Fsp3) is 0. The Balaban J connectivity index is 2.06. The minimum absolute atomic E-state index is 0.342. The molecule has 0 fully saturated rings. The minimum atomic E-state index is -0.342. The lowest BCUT2D eigenvalue weighted by atomic mass is 10.2. The summed E-state index contributed by atoms with van der Waals surface area (Å²) in [5, 5.41) is 0.625. The second kappa shape index (κ2) is 5.44. The molecule has 23 heavy (non-hydrogen) atoms. The Hall–Kier alpha value is -2.79. The number of halogens is 2. The zero-order chi connectivity index (χ0) is 15.8. The fourth-order valence-corrected chi connectivity index (χ4v) is 2.62. The van der Waals surface area contributed by atoms with Gasteiger partial charge >= 0.3 is 0 Å². The van der Waals surface area contributed by atoms with Crippen LogP contribution in [0, 0.1) is 5.82 Å². The third-order valence-corrected chi connectivity index (χ3v) is 3.77. The Kier molecular flexibility index (Phi) is 3.28. The molecule has 0 aliphatic rings. The number of fused-ring (bicyclic) bond motifs is 1. The largest absolute Gasteiger partial charge is 0.277 e. The number of hydrogen-bond donors (Lipinski definition) is 0. The topological polar surface area (TPSA) is 43.6 Å². The fourth-order valence-electron chi connectivity index (χ4n) is 2.49. The van der Waals surface area contributed by atoms with Crippen molar-refractivity contribution in [2.24, 2.45) is 0 Å². The third-order valence-electron chi connectivity index (χ3n) is 3.52. The van der Waals surface area contributed by atoms with Crippen LogP contribution >= 0.6 is 11.6 Å². The van der Waals surface area contributed by atoms with Crippen molar-refractivity contribution in [3.63, 3.8) is 0 Å². The number of nitrogens with zero attached hydrogens (tertiary/aromatic N) is 4. The van der Waals surface area contributed by atoms with Gasteiger partial charge in [-0.1, -0.05) is 23.7 Å². The maximum atomic E-state index is 14.3. The van der Waals surface area contributed by atoms with Gasteiger partial charge in [-0.15, -0.1) is 0 Å². The van der Waals surface area contributed by atoms with Crippen LogP contribution in [0.25, 0.3) is 28.2 Å². The van der Waals surface area contributed by atoms with Gasteiger partial charge in [0.2, 0.25) is 0 Å². The summed E-state index contributed by atoms with van der Waals surface area (Å²) in [5.74, 6) is 0.131. The molecule has 0 saturated carbocycles. The number of aromatic nitrogens is 4. The summed E-state index contributed by atoms with van der Waals surface area (Å²) in [6, 6.07) is 13.8. The van der Waals surface area contributed by atoms with E-state index in [2.05, 4.69) is 15.0 Å². The first-order valence-electron chi connectivity index (χ1n) is 6.93. The van der Waals surface area contributed by atoms with E-state index in [1.54, 1.807) is 41.1 Å². The molecule has 0 bridgehead atoms. The lowest BCUT2D eigenvalue weighted by molar-refractivity contribution is 0.629. The van der Waals surface area contributed by atoms with Crippen molar-refractivity contribution in [2.45, 2.75) is 0 Å². The zero-order valence-electron chi connectivity index (χ0n) is 11.8. The van der Waals surface area contributed by atoms with Crippen molar-refractivity contribution in [2.75, 3.05) is 0 Å². The Bertz CT molecular complexity index is 995. The van der Waals surface area contributed by atoms with Crippen molar-refractivity contribution < 1.29 is 4.39 Å². The standard InChI is InChI=1S/C17H10ClFN4/c18-11-5-7-12(8-6-11)23-16(13-3-1-2-4-14(13)19)22-15-9-20-10-21-17(15)23/h1-10H. The Morgan fingerprint density at radius 3 is 2.57 bits per heavy atom. The first-order chi connectivity index (χ1) is 11.2. The van der Waals surface area contributed by atoms with Crippen molar-refractivity contribution in [1.82, 2.24) is 19.5 Å². The van der Waals surface area contributed by atoms with Gasteiger partial charge in [-0.05, 0) is 36.4 Å². The van der Waals surface area contributed by atoms with Gasteiger partial charge in [-0.25, -0.2) is 19.3 Å². The lowest BCUT2D eigenvalue weighted by Crippen LogP contribution is -1.99. The van der Waals surface area contributed by atoms with Crippen LogP contribution < -0.4 is 0 Å². The van der Waals surface area contributed by atoms with Crippen LogP contribution in [0.5, 0.6) is 0 Å². The predicted molar refractivity (Wildman–Crippen MR) is 87.1 cm³/mol. The van der Waals surface area contributed by atoms with Crippen molar-refractivity contribution >= 4 is 22.8 Å². The van der Waals surface area contributed by atoms with E-state index in [4.69, 9.17) is 11.6 Å². The molecule has 0 saturated heterocycles. The molecule has 4 nitrogen and oxygen atoms in total. The molecule has 0 aliphatic carbocycles. The first kappa shape index (κ1) is 13.8. The number of imidazole rings is 1. The van der Waals surface area contributed by atoms with Crippen LogP contribution in [-0.4, -0.2) is 19.5 Å². The molecule has 4 rings (SSSR count). The van der Waals surface area contributed by atoms with E-state index in [9.17, 15) is 4.39 Å². The van der Waals surface area contributed by atoms with E-state index >= 15 is 0 Å². The first-order valence-corrected chi connectivity index (χ1v) is 7.31. The summed E-state index contributed by atoms with van der Waals surface area (Å²) < 4.78 is 16.1. The Morgan fingerprint density at radius 2 is 1.78 bits per heavy atom. The summed E-state index contributed by atoms with van der Waals surface area (Å²) in [6.45, 7) is 0. The van der Waals surface area contributed by atoms with Gasteiger partial charge in [0.05, 0.1) is 11.8 Å². The van der Waals surface area contributed by atoms with Crippen LogP contribution in [-0.2, 0) is 0 Å². The van der Waals surface area contributed by atoms with Crippen molar-refractivity contribution in [1.29, 1.82) is 0 Å². The molecule has 6 heteroatoms. The number of hydrogen-bond acceptors (Lipinski definition) is 3. The molecule has 0 atom stereocenters. The highest BCUT2D eigenvalue weighted by Crippen LogP contribution is 2.29. The van der Waals surface area contributed by atoms with E-state index < -0.39 is 0 Å². The van der Waals surface area contributed by atoms with E-state index in [0.717, 1.165) is 5.69 Å². The SMILES string of the molecule is Fc1ccccc1-c1nc2cncnc2n1-c1ccc(Cl)cc1. The summed E-state index contributed by atoms with van der Waals surface area (Å²) in [4.78, 5) is 12.8. The smallest absolute Gasteiger partial charge is 0.168 e. The summed E-state index contributed by atoms with van der Waals surface area (Å²) >= 11 is 5.96. The Labute approximate surface area is 136 Å². The lowest BCUT2D eigenvalue weighted by Gasteiger charge is -2.09. The molecule has 0 aliphatic heterocycles. The van der Waals surface area contributed by atoms with Gasteiger partial charge in [0, 0.05) is 10.7 Å². The second-order valence-electron chi connectivity index (χ2n) is 4.96. The average Bonchev–Trinajstić information content (AvgIpc) is 2.95. The second-order valence-corrected chi connectivity index (χ2v) is 5.40. The molecule has 4 aromatic rings. The van der Waals surface area contributed by atoms with Crippen LogP contribution in [0.3, 0.4) is 0 Å². The molecule has 0 amide bonds. The summed E-state index contributed by atoms with van der Waals surface area (Å²) in [5.41, 5.74) is 2.41. The van der Waals surface area contributed by atoms with E-state index in [0.29, 0.717) is 27.6 Å². The quantitative estimate of drug-likeness (QED) is 0.553. The third kappa shape index (κ3) is 2.35. The van der Waals surface area contributed by atoms with Gasteiger partial charge in [0.1, 0.15) is 23.5 Å². The molecular formula is C17H10ClFN4. The van der Waals surface area contributed by atoms with Gasteiger partial charge in [-0.2, -0.15) is 0 Å². The maximum Gasteiger partial charge on any atom is 0.168 e. The summed E-state index contributed by atoms with van der Waals surface area (Å²) in [7, 11) is 0. The predicted octanol–water partition coefficient (Wildman–Crippen LogP) is 4.28. The highest BCUT2D eigenvalue weighted by molar-refractivity contribution is 6.30. The molecule has 0 unspecified atom stereocenters. The minimum Gasteiger partial charge on any atom is -0.277 e. The van der Waals surface area contributed by atoms with Gasteiger partial charge in [-0.3, -0.25) is 4.57 Å². The number of benzene rings is 2. The normalized spacial score (nSPS) is 11.0. The molecule has 0 spiro atoms. The highest BCUT2D eigenvalue weighted by Gasteiger charge is 2.17. The van der Waals surface area contributed by atoms with E-state index in [1.807, 2.05) is 12.1 Å². The van der Waals surface area contributed by atoms with Gasteiger partial charge in [0.15, 0.2) is 5.65 Å². The van der Waals surface area contributed by atoms with Crippen molar-refractivity contribution in [3.8, 4) is 17.1 Å². The van der Waals surface area contributed by atoms with Crippen LogP contribution in [0.4, 0.5) is 4.39 Å². The van der Waals surface area contributed by atoms with Crippen LogP contribution in [0.2, 0.25) is 5.02 Å². The summed E-state index contributed by atoms with van der Waals surface area (Å²) in [6.07, 6.45) is 3.06.